The topological polar surface area (TPSA) is 143 Å². The molecule has 0 aliphatic heterocycles. The smallest absolute Gasteiger partial charge is 0.321 e. The van der Waals surface area contributed by atoms with E-state index in [1.165, 1.54) is 69.0 Å². The minimum atomic E-state index is -3.93. The van der Waals surface area contributed by atoms with Gasteiger partial charge in [-0.15, -0.1) is 0 Å². The Morgan fingerprint density at radius 1 is 1.00 bits per heavy atom. The van der Waals surface area contributed by atoms with E-state index in [2.05, 4.69) is 19.7 Å². The molecular weight excluding hydrogens is 412 g/mol. The third kappa shape index (κ3) is 4.94. The lowest BCUT2D eigenvalue weighted by Gasteiger charge is -2.09. The number of aliphatic imine (C=N–C) groups is 1. The zero-order chi connectivity index (χ0) is 21.7. The Labute approximate surface area is 172 Å². The van der Waals surface area contributed by atoms with Crippen LogP contribution in [-0.2, 0) is 10.0 Å². The number of methoxy groups -OCH3 is 2. The van der Waals surface area contributed by atoms with E-state index in [9.17, 15) is 18.6 Å². The Morgan fingerprint density at radius 2 is 1.73 bits per heavy atom. The van der Waals surface area contributed by atoms with Crippen molar-refractivity contribution in [1.82, 2.24) is 9.97 Å². The summed E-state index contributed by atoms with van der Waals surface area (Å²) < 4.78 is 37.5. The van der Waals surface area contributed by atoms with Gasteiger partial charge in [0.1, 0.15) is 11.5 Å². The van der Waals surface area contributed by atoms with E-state index in [1.807, 2.05) is 0 Å². The molecule has 30 heavy (non-hydrogen) atoms. The van der Waals surface area contributed by atoms with E-state index in [1.54, 1.807) is 0 Å². The maximum absolute atomic E-state index is 12.6. The van der Waals surface area contributed by atoms with Crippen LogP contribution in [0, 0.1) is 0 Å². The molecule has 3 aromatic rings. The number of aromatic nitrogens is 2. The number of nitrogens with zero attached hydrogens (tertiary/aromatic N) is 3. The van der Waals surface area contributed by atoms with Crippen molar-refractivity contribution in [2.45, 2.75) is 4.90 Å². The quantitative estimate of drug-likeness (QED) is 0.485. The first-order valence-corrected chi connectivity index (χ1v) is 9.95. The van der Waals surface area contributed by atoms with Gasteiger partial charge < -0.3 is 19.7 Å². The van der Waals surface area contributed by atoms with E-state index in [0.29, 0.717) is 11.3 Å². The minimum absolute atomic E-state index is 0.00882. The van der Waals surface area contributed by atoms with Crippen molar-refractivity contribution in [2.75, 3.05) is 18.9 Å². The van der Waals surface area contributed by atoms with Gasteiger partial charge in [-0.2, -0.15) is 9.97 Å². The second kappa shape index (κ2) is 8.66. The number of sulfonamides is 1. The molecule has 0 aliphatic carbocycles. The fourth-order valence-corrected chi connectivity index (χ4v) is 3.34. The highest BCUT2D eigenvalue weighted by Crippen LogP contribution is 2.24. The van der Waals surface area contributed by atoms with Gasteiger partial charge in [-0.25, -0.2) is 8.42 Å². The molecule has 1 heterocycles. The monoisotopic (exact) mass is 430 g/mol. The number of rotatable bonds is 7. The number of nitrogens with one attached hydrogen (secondary N) is 1. The Kier molecular flexibility index (Phi) is 6.02. The number of aromatic hydroxyl groups is 2. The van der Waals surface area contributed by atoms with Crippen molar-refractivity contribution in [3.05, 3.63) is 54.1 Å². The van der Waals surface area contributed by atoms with Crippen LogP contribution in [0.25, 0.3) is 0 Å². The first kappa shape index (κ1) is 20.9. The summed E-state index contributed by atoms with van der Waals surface area (Å²) in [4.78, 5) is 12.0. The molecule has 0 spiro atoms. The Balaban J connectivity index is 1.78. The van der Waals surface area contributed by atoms with Crippen LogP contribution < -0.4 is 14.2 Å². The molecule has 156 valence electrons. The summed E-state index contributed by atoms with van der Waals surface area (Å²) in [6.45, 7) is 0. The van der Waals surface area contributed by atoms with Crippen molar-refractivity contribution in [3.63, 3.8) is 0 Å². The first-order valence-electron chi connectivity index (χ1n) is 8.47. The average molecular weight is 430 g/mol. The van der Waals surface area contributed by atoms with Gasteiger partial charge >= 0.3 is 6.01 Å². The van der Waals surface area contributed by atoms with E-state index < -0.39 is 10.0 Å². The van der Waals surface area contributed by atoms with Crippen molar-refractivity contribution in [1.29, 1.82) is 0 Å². The molecule has 0 bridgehead atoms. The number of ether oxygens (including phenoxy) is 2. The molecule has 0 fully saturated rings. The van der Waals surface area contributed by atoms with Gasteiger partial charge in [0, 0.05) is 23.9 Å². The number of phenolic OH excluding ortho intramolecular Hbond substituents is 2. The normalized spacial score (nSPS) is 11.4. The SMILES string of the molecule is COc1cc(NS(=O)(=O)c2ccc(N=Cc3ccc(O)cc3O)cc2)nc(OC)n1. The summed E-state index contributed by atoms with van der Waals surface area (Å²) in [6.07, 6.45) is 1.40. The minimum Gasteiger partial charge on any atom is -0.508 e. The van der Waals surface area contributed by atoms with Gasteiger partial charge in [-0.1, -0.05) is 0 Å². The van der Waals surface area contributed by atoms with E-state index in [-0.39, 0.29) is 34.1 Å². The molecular formula is C19H18N4O6S. The predicted octanol–water partition coefficient (Wildman–Crippen LogP) is 2.46. The van der Waals surface area contributed by atoms with Crippen LogP contribution in [0.4, 0.5) is 11.5 Å². The number of anilines is 1. The van der Waals surface area contributed by atoms with Crippen LogP contribution in [0.15, 0.2) is 58.4 Å². The van der Waals surface area contributed by atoms with E-state index >= 15 is 0 Å². The van der Waals surface area contributed by atoms with Gasteiger partial charge in [0.05, 0.1) is 24.8 Å². The average Bonchev–Trinajstić information content (AvgIpc) is 2.72. The van der Waals surface area contributed by atoms with Gasteiger partial charge in [0.15, 0.2) is 5.82 Å². The maximum Gasteiger partial charge on any atom is 0.321 e. The molecule has 0 atom stereocenters. The summed E-state index contributed by atoms with van der Waals surface area (Å²) in [6, 6.07) is 11.1. The second-order valence-electron chi connectivity index (χ2n) is 5.88. The van der Waals surface area contributed by atoms with Gasteiger partial charge in [-0.3, -0.25) is 9.71 Å². The number of hydrogen-bond donors (Lipinski definition) is 3. The molecule has 0 saturated carbocycles. The largest absolute Gasteiger partial charge is 0.508 e. The third-order valence-electron chi connectivity index (χ3n) is 3.83. The van der Waals surface area contributed by atoms with Crippen LogP contribution in [0.5, 0.6) is 23.4 Å². The molecule has 3 rings (SSSR count). The second-order valence-corrected chi connectivity index (χ2v) is 7.57. The van der Waals surface area contributed by atoms with Gasteiger partial charge in [0.25, 0.3) is 10.0 Å². The molecule has 1 aromatic heterocycles. The maximum atomic E-state index is 12.6. The highest BCUT2D eigenvalue weighted by atomic mass is 32.2. The Morgan fingerprint density at radius 3 is 2.37 bits per heavy atom. The Hall–Kier alpha value is -3.86. The summed E-state index contributed by atoms with van der Waals surface area (Å²) in [7, 11) is -1.19. The highest BCUT2D eigenvalue weighted by molar-refractivity contribution is 7.92. The molecule has 10 nitrogen and oxygen atoms in total. The molecule has 0 radical (unpaired) electrons. The summed E-state index contributed by atoms with van der Waals surface area (Å²) >= 11 is 0. The summed E-state index contributed by atoms with van der Waals surface area (Å²) in [5.74, 6) is -0.0613. The molecule has 3 N–H and O–H groups in total. The van der Waals surface area contributed by atoms with Gasteiger partial charge in [-0.05, 0) is 36.4 Å². The molecule has 0 saturated heterocycles. The highest BCUT2D eigenvalue weighted by Gasteiger charge is 2.16. The van der Waals surface area contributed by atoms with Gasteiger partial charge in [0.2, 0.25) is 5.88 Å². The van der Waals surface area contributed by atoms with E-state index in [4.69, 9.17) is 9.47 Å². The fourth-order valence-electron chi connectivity index (χ4n) is 2.35. The number of hydrogen-bond acceptors (Lipinski definition) is 9. The third-order valence-corrected chi connectivity index (χ3v) is 5.20. The fraction of sp³-hybridized carbons (Fsp3) is 0.105. The van der Waals surface area contributed by atoms with Crippen LogP contribution in [0.1, 0.15) is 5.56 Å². The zero-order valence-electron chi connectivity index (χ0n) is 16.0. The number of benzene rings is 2. The molecule has 0 aliphatic rings. The molecule has 2 aromatic carbocycles. The van der Waals surface area contributed by atoms with Crippen LogP contribution in [0.3, 0.4) is 0 Å². The van der Waals surface area contributed by atoms with Crippen LogP contribution >= 0.6 is 0 Å². The molecule has 0 amide bonds. The Bertz CT molecular complexity index is 1160. The van der Waals surface area contributed by atoms with Crippen molar-refractivity contribution < 1.29 is 28.1 Å². The summed E-state index contributed by atoms with van der Waals surface area (Å²) in [5.41, 5.74) is 0.865. The number of phenols is 2. The molecule has 11 heteroatoms. The standard InChI is InChI=1S/C19H18N4O6S/c1-28-18-10-17(21-19(22-18)29-2)23-30(26,27)15-7-4-13(5-8-15)20-11-12-3-6-14(24)9-16(12)25/h3-11,24-25H,1-2H3,(H,21,22,23). The van der Waals surface area contributed by atoms with E-state index in [0.717, 1.165) is 0 Å². The van der Waals surface area contributed by atoms with Crippen molar-refractivity contribution in [3.8, 4) is 23.4 Å². The zero-order valence-corrected chi connectivity index (χ0v) is 16.8. The lowest BCUT2D eigenvalue weighted by Crippen LogP contribution is -2.14. The van der Waals surface area contributed by atoms with Crippen LogP contribution in [0.2, 0.25) is 0 Å². The first-order chi connectivity index (χ1) is 14.3. The lowest BCUT2D eigenvalue weighted by molar-refractivity contribution is 0.353. The van der Waals surface area contributed by atoms with Crippen molar-refractivity contribution >= 4 is 27.7 Å². The van der Waals surface area contributed by atoms with Crippen LogP contribution in [-0.4, -0.2) is 49.0 Å². The predicted molar refractivity (Wildman–Crippen MR) is 109 cm³/mol. The lowest BCUT2D eigenvalue weighted by atomic mass is 10.2. The van der Waals surface area contributed by atoms with Crippen molar-refractivity contribution in [2.24, 2.45) is 4.99 Å². The summed E-state index contributed by atoms with van der Waals surface area (Å²) in [5, 5.41) is 19.1. The molecule has 0 unspecified atom stereocenters.